The van der Waals surface area contributed by atoms with Crippen molar-refractivity contribution in [3.05, 3.63) is 0 Å². The predicted octanol–water partition coefficient (Wildman–Crippen LogP) is 0.287. The molecular formula is C21H45CrN3S6+9. The Bertz CT molecular complexity index is 489. The topological polar surface area (TPSA) is 9.72 Å². The van der Waals surface area contributed by atoms with Gasteiger partial charge in [0, 0.05) is 39.3 Å². The van der Waals surface area contributed by atoms with Crippen molar-refractivity contribution in [2.45, 2.75) is 59.3 Å². The van der Waals surface area contributed by atoms with Crippen molar-refractivity contribution in [3.8, 4) is 0 Å². The van der Waals surface area contributed by atoms with Gasteiger partial charge in [-0.1, -0.05) is 20.8 Å². The summed E-state index contributed by atoms with van der Waals surface area (Å²) in [6.45, 7) is 13.8. The molecule has 3 fully saturated rings. The monoisotopic (exact) mass is 583 g/mol. The van der Waals surface area contributed by atoms with Crippen LogP contribution in [-0.2, 0) is 91.9 Å². The molecule has 0 bridgehead atoms. The third-order valence-electron chi connectivity index (χ3n) is 5.87. The molecule has 3 nitrogen and oxygen atoms in total. The molecule has 0 N–H and O–H groups in total. The Labute approximate surface area is 234 Å². The quantitative estimate of drug-likeness (QED) is 0.231. The van der Waals surface area contributed by atoms with Gasteiger partial charge in [0.2, 0.25) is 36.7 Å². The van der Waals surface area contributed by atoms with Gasteiger partial charge in [-0.25, -0.2) is 0 Å². The van der Waals surface area contributed by atoms with E-state index in [-0.39, 0.29) is 17.4 Å². The number of piperidine rings is 3. The van der Waals surface area contributed by atoms with Crippen molar-refractivity contribution >= 4 is 87.5 Å². The molecule has 3 unspecified atom stereocenters. The molecular weight excluding hydrogens is 539 g/mol. The van der Waals surface area contributed by atoms with E-state index in [9.17, 15) is 0 Å². The van der Waals surface area contributed by atoms with Gasteiger partial charge in [0.1, 0.15) is 0 Å². The zero-order chi connectivity index (χ0) is 22.7. The van der Waals surface area contributed by atoms with Gasteiger partial charge in [-0.15, -0.1) is 0 Å². The van der Waals surface area contributed by atoms with Crippen LogP contribution in [0.5, 0.6) is 0 Å². The second kappa shape index (κ2) is 18.1. The number of hydrogen-bond donors (Lipinski definition) is 0. The largest absolute Gasteiger partial charge is 3.00 e. The summed E-state index contributed by atoms with van der Waals surface area (Å²) >= 11 is 23.0. The summed E-state index contributed by atoms with van der Waals surface area (Å²) in [5.41, 5.74) is 0. The van der Waals surface area contributed by atoms with Crippen LogP contribution in [0.3, 0.4) is 0 Å². The van der Waals surface area contributed by atoms with E-state index in [1.54, 1.807) is 0 Å². The average Bonchev–Trinajstić information content (AvgIpc) is 2.69. The van der Waals surface area contributed by atoms with Gasteiger partial charge in [-0.2, -0.15) is 14.7 Å². The van der Waals surface area contributed by atoms with Crippen LogP contribution in [0.2, 0.25) is 0 Å². The molecule has 3 rings (SSSR count). The van der Waals surface area contributed by atoms with Crippen LogP contribution in [0.25, 0.3) is 0 Å². The third-order valence-corrected chi connectivity index (χ3v) is 7.67. The van der Waals surface area contributed by atoms with E-state index in [1.165, 1.54) is 38.5 Å². The first-order chi connectivity index (χ1) is 14.1. The summed E-state index contributed by atoms with van der Waals surface area (Å²) in [5, 5.41) is 0. The fourth-order valence-electron chi connectivity index (χ4n) is 4.15. The smallest absolute Gasteiger partial charge is 0.183 e. The minimum Gasteiger partial charge on any atom is -0.183 e. The Hall–Kier alpha value is 1.73. The summed E-state index contributed by atoms with van der Waals surface area (Å²) in [7, 11) is 0. The molecule has 3 aliphatic heterocycles. The van der Waals surface area contributed by atoms with Gasteiger partial charge in [0.15, 0.2) is 0 Å². The molecule has 1 radical (unpaired) electrons. The Balaban J connectivity index is 0.000000429. The summed E-state index contributed by atoms with van der Waals surface area (Å²) in [5.74, 6) is 2.48. The molecule has 0 amide bonds. The van der Waals surface area contributed by atoms with Crippen LogP contribution >= 0.6 is 0 Å². The number of likely N-dealkylation sites (tertiary alicyclic amines) is 3. The molecule has 3 heterocycles. The maximum atomic E-state index is 4.24. The minimum absolute atomic E-state index is 0. The molecule has 0 aromatic rings. The summed E-state index contributed by atoms with van der Waals surface area (Å²) in [4.78, 5) is 6.82. The normalized spacial score (nSPS) is 27.5. The van der Waals surface area contributed by atoms with Crippen molar-refractivity contribution < 1.29 is 17.4 Å². The van der Waals surface area contributed by atoms with Crippen LogP contribution in [0, 0.1) is 17.8 Å². The van der Waals surface area contributed by atoms with E-state index in [1.807, 2.05) is 0 Å². The fraction of sp³-hybridized carbons (Fsp3) is 0.857. The summed E-state index contributed by atoms with van der Waals surface area (Å²) in [6.07, 6.45) is 8.00. The second-order valence-corrected chi connectivity index (χ2v) is 13.0. The standard InChI is InChI=1S/3C7H13NS2.Cr/c3*1-6-3-2-4-8(5-6)7(9)10;/h3*6H,2-5H2,1H3,(H,9,10);/q;;;+3/p+6. The first-order valence-electron chi connectivity index (χ1n) is 11.2. The third kappa shape index (κ3) is 14.7. The Morgan fingerprint density at radius 1 is 0.581 bits per heavy atom. The van der Waals surface area contributed by atoms with E-state index < -0.39 is 0 Å². The molecule has 0 saturated carbocycles. The molecule has 31 heavy (non-hydrogen) atoms. The summed E-state index contributed by atoms with van der Waals surface area (Å²) in [6, 6.07) is 0. The molecule has 177 valence electrons. The van der Waals surface area contributed by atoms with Crippen LogP contribution in [0.4, 0.5) is 0 Å². The number of nitrogens with zero attached hydrogens (tertiary/aromatic N) is 3. The van der Waals surface area contributed by atoms with Gasteiger partial charge < -0.3 is 0 Å². The Kier molecular flexibility index (Phi) is 19.1. The fourth-order valence-corrected chi connectivity index (χ4v) is 5.30. The zero-order valence-electron chi connectivity index (χ0n) is 19.3. The number of rotatable bonds is 0. The van der Waals surface area contributed by atoms with Crippen molar-refractivity contribution in [3.63, 3.8) is 0 Å². The average molecular weight is 584 g/mol. The molecule has 3 atom stereocenters. The van der Waals surface area contributed by atoms with Gasteiger partial charge in [-0.3, -0.25) is 0 Å². The first-order valence-corrected chi connectivity index (χ1v) is 14.0. The SMILES string of the molecule is CC1CCCN(C(=[SH+])[SH2+])C1.CC1CCCN(C(=[SH+])[SH2+])C1.CC1CCCN(C(=[SH+])[SH2+])C1.[Cr+3]. The van der Waals surface area contributed by atoms with E-state index in [2.05, 4.69) is 110 Å². The van der Waals surface area contributed by atoms with E-state index >= 15 is 0 Å². The van der Waals surface area contributed by atoms with E-state index in [0.29, 0.717) is 0 Å². The molecule has 10 heteroatoms. The summed E-state index contributed by atoms with van der Waals surface area (Å²) < 4.78 is 2.93. The second-order valence-electron chi connectivity index (χ2n) is 9.05. The zero-order valence-corrected chi connectivity index (χ0v) is 26.3. The first kappa shape index (κ1) is 32.7. The van der Waals surface area contributed by atoms with E-state index in [4.69, 9.17) is 0 Å². The Morgan fingerprint density at radius 3 is 0.935 bits per heavy atom. The van der Waals surface area contributed by atoms with Crippen molar-refractivity contribution in [1.29, 1.82) is 0 Å². The number of hydrogen-bond acceptors (Lipinski definition) is 0. The molecule has 0 aromatic heterocycles. The van der Waals surface area contributed by atoms with Crippen LogP contribution in [0.15, 0.2) is 0 Å². The maximum Gasteiger partial charge on any atom is 3.00 e. The molecule has 0 spiro atoms. The predicted molar refractivity (Wildman–Crippen MR) is 162 cm³/mol. The van der Waals surface area contributed by atoms with Crippen molar-refractivity contribution in [2.75, 3.05) is 39.3 Å². The van der Waals surface area contributed by atoms with Crippen LogP contribution in [-0.4, -0.2) is 66.9 Å². The maximum absolute atomic E-state index is 4.24. The van der Waals surface area contributed by atoms with Crippen molar-refractivity contribution in [1.82, 2.24) is 14.7 Å². The van der Waals surface area contributed by atoms with Gasteiger partial charge >= 0.3 is 30.3 Å². The molecule has 0 aliphatic carbocycles. The minimum atomic E-state index is 0. The molecule has 3 aliphatic rings. The molecule has 0 aromatic carbocycles. The van der Waals surface area contributed by atoms with Gasteiger partial charge in [0.25, 0.3) is 0 Å². The number of thiol groups is 3. The van der Waals surface area contributed by atoms with Crippen LogP contribution < -0.4 is 0 Å². The van der Waals surface area contributed by atoms with Gasteiger partial charge in [-0.05, 0) is 56.3 Å². The Morgan fingerprint density at radius 2 is 0.806 bits per heavy atom. The van der Waals surface area contributed by atoms with Crippen molar-refractivity contribution in [2.24, 2.45) is 17.8 Å². The van der Waals surface area contributed by atoms with Crippen LogP contribution in [0.1, 0.15) is 59.3 Å². The van der Waals surface area contributed by atoms with E-state index in [0.717, 1.165) is 70.0 Å². The molecule has 3 saturated heterocycles. The van der Waals surface area contributed by atoms with Gasteiger partial charge in [0.05, 0.1) is 37.9 Å².